The Morgan fingerprint density at radius 1 is 1.17 bits per heavy atom. The van der Waals surface area contributed by atoms with Crippen LogP contribution in [-0.4, -0.2) is 78.7 Å². The molecule has 29 heavy (non-hydrogen) atoms. The Labute approximate surface area is 171 Å². The van der Waals surface area contributed by atoms with Gasteiger partial charge in [-0.2, -0.15) is 0 Å². The van der Waals surface area contributed by atoms with Crippen molar-refractivity contribution >= 4 is 5.91 Å². The van der Waals surface area contributed by atoms with Crippen molar-refractivity contribution in [3.63, 3.8) is 0 Å². The van der Waals surface area contributed by atoms with Crippen LogP contribution in [0.15, 0.2) is 36.7 Å². The highest BCUT2D eigenvalue weighted by atomic mass is 16.5. The molecule has 7 heteroatoms. The van der Waals surface area contributed by atoms with Crippen LogP contribution in [-0.2, 0) is 9.53 Å². The summed E-state index contributed by atoms with van der Waals surface area (Å²) in [5, 5.41) is 0. The van der Waals surface area contributed by atoms with Gasteiger partial charge in [-0.15, -0.1) is 0 Å². The number of carbonyl (C=O) groups is 1. The van der Waals surface area contributed by atoms with Gasteiger partial charge in [0.25, 0.3) is 0 Å². The Bertz CT molecular complexity index is 838. The third kappa shape index (κ3) is 4.57. The topological polar surface area (TPSA) is 67.8 Å². The smallest absolute Gasteiger partial charge is 0.236 e. The normalized spacial score (nSPS) is 20.4. The van der Waals surface area contributed by atoms with Gasteiger partial charge in [-0.1, -0.05) is 12.1 Å². The van der Waals surface area contributed by atoms with E-state index in [4.69, 9.17) is 14.5 Å². The summed E-state index contributed by atoms with van der Waals surface area (Å²) >= 11 is 0. The van der Waals surface area contributed by atoms with Gasteiger partial charge >= 0.3 is 0 Å². The molecule has 1 aromatic heterocycles. The molecule has 0 bridgehead atoms. The summed E-state index contributed by atoms with van der Waals surface area (Å²) in [5.74, 6) is 1.23. The van der Waals surface area contributed by atoms with Gasteiger partial charge in [-0.3, -0.25) is 19.7 Å². The number of carbonyl (C=O) groups excluding carboxylic acids is 1. The Balaban J connectivity index is 1.51. The molecule has 1 aromatic carbocycles. The van der Waals surface area contributed by atoms with E-state index < -0.39 is 0 Å². The fraction of sp³-hybridized carbons (Fsp3) is 0.500. The fourth-order valence-corrected chi connectivity index (χ4v) is 4.22. The maximum absolute atomic E-state index is 12.7. The van der Waals surface area contributed by atoms with Crippen LogP contribution in [0.2, 0.25) is 0 Å². The summed E-state index contributed by atoms with van der Waals surface area (Å²) in [4.78, 5) is 26.2. The summed E-state index contributed by atoms with van der Waals surface area (Å²) in [7, 11) is 1.68. The second kappa shape index (κ2) is 9.33. The Morgan fingerprint density at radius 3 is 2.79 bits per heavy atom. The third-order valence-corrected chi connectivity index (χ3v) is 5.70. The molecular weight excluding hydrogens is 368 g/mol. The van der Waals surface area contributed by atoms with Gasteiger partial charge in [0.05, 0.1) is 38.3 Å². The number of rotatable bonds is 5. The lowest BCUT2D eigenvalue weighted by Crippen LogP contribution is -2.47. The Kier molecular flexibility index (Phi) is 6.36. The molecule has 4 rings (SSSR count). The van der Waals surface area contributed by atoms with E-state index in [-0.39, 0.29) is 11.8 Å². The first-order valence-corrected chi connectivity index (χ1v) is 10.3. The van der Waals surface area contributed by atoms with Crippen molar-refractivity contribution in [2.24, 2.45) is 0 Å². The molecule has 2 aliphatic heterocycles. The molecule has 0 saturated carbocycles. The van der Waals surface area contributed by atoms with Crippen molar-refractivity contribution in [1.29, 1.82) is 0 Å². The number of amides is 1. The molecule has 7 nitrogen and oxygen atoms in total. The third-order valence-electron chi connectivity index (χ3n) is 5.70. The fourth-order valence-electron chi connectivity index (χ4n) is 4.22. The van der Waals surface area contributed by atoms with Crippen LogP contribution in [0.3, 0.4) is 0 Å². The van der Waals surface area contributed by atoms with E-state index in [9.17, 15) is 4.79 Å². The number of nitrogens with zero attached hydrogens (tertiary/aromatic N) is 4. The maximum Gasteiger partial charge on any atom is 0.236 e. The van der Waals surface area contributed by atoms with Gasteiger partial charge < -0.3 is 14.4 Å². The van der Waals surface area contributed by atoms with Crippen LogP contribution in [0, 0.1) is 0 Å². The van der Waals surface area contributed by atoms with Gasteiger partial charge in [0, 0.05) is 43.5 Å². The van der Waals surface area contributed by atoms with E-state index in [0.29, 0.717) is 32.8 Å². The first-order chi connectivity index (χ1) is 14.3. The number of morpholine rings is 1. The highest BCUT2D eigenvalue weighted by molar-refractivity contribution is 5.78. The Morgan fingerprint density at radius 2 is 1.97 bits per heavy atom. The zero-order valence-corrected chi connectivity index (χ0v) is 16.9. The molecule has 0 spiro atoms. The number of hydrogen-bond donors (Lipinski definition) is 0. The van der Waals surface area contributed by atoms with Gasteiger partial charge in [-0.05, 0) is 31.5 Å². The largest absolute Gasteiger partial charge is 0.496 e. The molecule has 0 aliphatic carbocycles. The molecule has 2 fully saturated rings. The number of benzene rings is 1. The molecular formula is C22H28N4O3. The number of aromatic nitrogens is 2. The summed E-state index contributed by atoms with van der Waals surface area (Å²) in [6, 6.07) is 7.92. The van der Waals surface area contributed by atoms with E-state index in [0.717, 1.165) is 48.6 Å². The zero-order valence-electron chi connectivity index (χ0n) is 16.9. The van der Waals surface area contributed by atoms with Gasteiger partial charge in [-0.25, -0.2) is 0 Å². The van der Waals surface area contributed by atoms with Crippen LogP contribution in [0.25, 0.3) is 11.3 Å². The van der Waals surface area contributed by atoms with Crippen LogP contribution in [0.1, 0.15) is 24.5 Å². The number of hydrogen-bond acceptors (Lipinski definition) is 6. The number of ether oxygens (including phenoxy) is 2. The molecule has 3 heterocycles. The molecule has 1 amide bonds. The number of methoxy groups -OCH3 is 1. The van der Waals surface area contributed by atoms with Crippen molar-refractivity contribution in [2.75, 3.05) is 53.0 Å². The molecule has 2 aliphatic rings. The lowest BCUT2D eigenvalue weighted by molar-refractivity contribution is -0.136. The summed E-state index contributed by atoms with van der Waals surface area (Å²) < 4.78 is 10.9. The van der Waals surface area contributed by atoms with Crippen LogP contribution < -0.4 is 4.74 Å². The predicted molar refractivity (Wildman–Crippen MR) is 110 cm³/mol. The van der Waals surface area contributed by atoms with Crippen molar-refractivity contribution in [3.05, 3.63) is 42.4 Å². The predicted octanol–water partition coefficient (Wildman–Crippen LogP) is 2.19. The first-order valence-electron chi connectivity index (χ1n) is 10.3. The Hall–Kier alpha value is -2.51. The van der Waals surface area contributed by atoms with Gasteiger partial charge in [0.1, 0.15) is 5.75 Å². The van der Waals surface area contributed by atoms with Crippen LogP contribution in [0.4, 0.5) is 0 Å². The molecule has 154 valence electrons. The van der Waals surface area contributed by atoms with Crippen molar-refractivity contribution in [1.82, 2.24) is 19.8 Å². The van der Waals surface area contributed by atoms with E-state index >= 15 is 0 Å². The lowest BCUT2D eigenvalue weighted by atomic mass is 9.91. The molecule has 2 saturated heterocycles. The second-order valence-electron chi connectivity index (χ2n) is 7.56. The minimum absolute atomic E-state index is 0.193. The average Bonchev–Trinajstić information content (AvgIpc) is 2.80. The van der Waals surface area contributed by atoms with Gasteiger partial charge in [0.2, 0.25) is 5.91 Å². The number of likely N-dealkylation sites (tertiary alicyclic amines) is 1. The van der Waals surface area contributed by atoms with Crippen LogP contribution in [0.5, 0.6) is 5.75 Å². The van der Waals surface area contributed by atoms with Crippen LogP contribution >= 0.6 is 0 Å². The van der Waals surface area contributed by atoms with Crippen molar-refractivity contribution in [2.45, 2.75) is 18.8 Å². The maximum atomic E-state index is 12.7. The molecule has 1 unspecified atom stereocenters. The first kappa shape index (κ1) is 19.8. The molecule has 0 N–H and O–H groups in total. The van der Waals surface area contributed by atoms with Gasteiger partial charge in [0.15, 0.2) is 0 Å². The monoisotopic (exact) mass is 396 g/mol. The molecule has 1 atom stereocenters. The zero-order chi connectivity index (χ0) is 20.1. The molecule has 0 radical (unpaired) electrons. The van der Waals surface area contributed by atoms with E-state index in [1.165, 1.54) is 0 Å². The number of para-hydroxylation sites is 1. The standard InChI is InChI=1S/C22H28N4O3/c1-28-19-7-3-2-6-18(19)22-21(23-8-9-24-22)17-5-4-10-25(15-17)16-20(27)26-11-13-29-14-12-26/h2-3,6-9,17H,4-5,10-16H2,1H3. The summed E-state index contributed by atoms with van der Waals surface area (Å²) in [6.45, 7) is 4.87. The van der Waals surface area contributed by atoms with E-state index in [2.05, 4.69) is 9.88 Å². The number of piperidine rings is 1. The average molecular weight is 396 g/mol. The highest BCUT2D eigenvalue weighted by Gasteiger charge is 2.28. The summed E-state index contributed by atoms with van der Waals surface area (Å²) in [5.41, 5.74) is 2.82. The summed E-state index contributed by atoms with van der Waals surface area (Å²) in [6.07, 6.45) is 5.58. The van der Waals surface area contributed by atoms with E-state index in [1.54, 1.807) is 19.5 Å². The SMILES string of the molecule is COc1ccccc1-c1nccnc1C1CCCN(CC(=O)N2CCOCC2)C1. The minimum Gasteiger partial charge on any atom is -0.496 e. The van der Waals surface area contributed by atoms with Crippen molar-refractivity contribution in [3.8, 4) is 17.0 Å². The highest BCUT2D eigenvalue weighted by Crippen LogP contribution is 2.35. The second-order valence-corrected chi connectivity index (χ2v) is 7.56. The van der Waals surface area contributed by atoms with E-state index in [1.807, 2.05) is 29.2 Å². The quantitative estimate of drug-likeness (QED) is 0.772. The molecule has 2 aromatic rings. The minimum atomic E-state index is 0.193. The van der Waals surface area contributed by atoms with Crippen molar-refractivity contribution < 1.29 is 14.3 Å². The lowest BCUT2D eigenvalue weighted by Gasteiger charge is -2.35.